The third-order valence-corrected chi connectivity index (χ3v) is 4.80. The minimum Gasteiger partial charge on any atom is -0.497 e. The molecule has 0 saturated carbocycles. The van der Waals surface area contributed by atoms with Gasteiger partial charge >= 0.3 is 0 Å². The number of methoxy groups -OCH3 is 2. The van der Waals surface area contributed by atoms with E-state index in [1.807, 2.05) is 6.07 Å². The molecule has 1 amide bonds. The van der Waals surface area contributed by atoms with E-state index in [1.54, 1.807) is 18.2 Å². The van der Waals surface area contributed by atoms with Crippen molar-refractivity contribution in [3.8, 4) is 17.6 Å². The second-order valence-corrected chi connectivity index (χ2v) is 7.45. The fourth-order valence-corrected chi connectivity index (χ4v) is 3.18. The van der Waals surface area contributed by atoms with Gasteiger partial charge in [-0.1, -0.05) is 0 Å². The number of benzene rings is 2. The summed E-state index contributed by atoms with van der Waals surface area (Å²) < 4.78 is 35.5. The Morgan fingerprint density at radius 3 is 2.33 bits per heavy atom. The molecule has 0 atom stereocenters. The number of carbonyl (C=O) groups excluding carboxylic acids is 1. The van der Waals surface area contributed by atoms with Gasteiger partial charge in [0.15, 0.2) is 0 Å². The summed E-state index contributed by atoms with van der Waals surface area (Å²) >= 11 is 0. The zero-order chi connectivity index (χ0) is 20.0. The lowest BCUT2D eigenvalue weighted by atomic mass is 10.2. The van der Waals surface area contributed by atoms with Gasteiger partial charge in [-0.2, -0.15) is 5.26 Å². The van der Waals surface area contributed by atoms with Crippen LogP contribution in [0, 0.1) is 11.3 Å². The summed E-state index contributed by atoms with van der Waals surface area (Å²) in [5, 5.41) is 11.5. The lowest BCUT2D eigenvalue weighted by Gasteiger charge is -2.22. The monoisotopic (exact) mass is 389 g/mol. The second kappa shape index (κ2) is 8.42. The zero-order valence-corrected chi connectivity index (χ0v) is 15.9. The van der Waals surface area contributed by atoms with Gasteiger partial charge in [-0.3, -0.25) is 9.10 Å². The van der Waals surface area contributed by atoms with Crippen LogP contribution in [0.4, 0.5) is 11.4 Å². The van der Waals surface area contributed by atoms with Gasteiger partial charge in [-0.15, -0.1) is 0 Å². The standard InChI is InChI=1S/C18H19N3O5S/c1-25-15-8-9-16(17(10-15)26-2)20-18(22)12-21(27(3,23)24)14-6-4-13(11-19)5-7-14/h4-10H,12H2,1-3H3,(H,20,22). The van der Waals surface area contributed by atoms with Crippen LogP contribution in [-0.4, -0.2) is 41.3 Å². The largest absolute Gasteiger partial charge is 0.497 e. The minimum absolute atomic E-state index is 0.286. The summed E-state index contributed by atoms with van der Waals surface area (Å²) in [6, 6.07) is 12.7. The number of amides is 1. The first-order valence-electron chi connectivity index (χ1n) is 7.78. The van der Waals surface area contributed by atoms with E-state index in [4.69, 9.17) is 14.7 Å². The van der Waals surface area contributed by atoms with E-state index in [1.165, 1.54) is 38.5 Å². The molecule has 0 saturated heterocycles. The first-order chi connectivity index (χ1) is 12.8. The predicted octanol–water partition coefficient (Wildman–Crippen LogP) is 1.98. The van der Waals surface area contributed by atoms with E-state index in [9.17, 15) is 13.2 Å². The Morgan fingerprint density at radius 2 is 1.81 bits per heavy atom. The third-order valence-electron chi connectivity index (χ3n) is 3.65. The van der Waals surface area contributed by atoms with E-state index in [-0.39, 0.29) is 5.69 Å². The number of ether oxygens (including phenoxy) is 2. The summed E-state index contributed by atoms with van der Waals surface area (Å²) in [5.74, 6) is 0.389. The van der Waals surface area contributed by atoms with Crippen LogP contribution in [0.3, 0.4) is 0 Å². The van der Waals surface area contributed by atoms with Crippen molar-refractivity contribution >= 4 is 27.3 Å². The van der Waals surface area contributed by atoms with Gasteiger partial charge in [0.05, 0.1) is 43.5 Å². The number of hydrogen-bond donors (Lipinski definition) is 1. The topological polar surface area (TPSA) is 109 Å². The van der Waals surface area contributed by atoms with E-state index < -0.39 is 22.5 Å². The van der Waals surface area contributed by atoms with Gasteiger partial charge in [0.2, 0.25) is 15.9 Å². The number of nitriles is 1. The van der Waals surface area contributed by atoms with Crippen LogP contribution >= 0.6 is 0 Å². The Bertz CT molecular complexity index is 965. The molecule has 0 aliphatic rings. The van der Waals surface area contributed by atoms with E-state index in [0.29, 0.717) is 22.7 Å². The van der Waals surface area contributed by atoms with Crippen molar-refractivity contribution in [2.45, 2.75) is 0 Å². The van der Waals surface area contributed by atoms with Gasteiger partial charge < -0.3 is 14.8 Å². The van der Waals surface area contributed by atoms with Crippen LogP contribution in [0.2, 0.25) is 0 Å². The quantitative estimate of drug-likeness (QED) is 0.776. The molecule has 0 heterocycles. The molecule has 0 unspecified atom stereocenters. The van der Waals surface area contributed by atoms with Gasteiger partial charge in [-0.05, 0) is 36.4 Å². The summed E-state index contributed by atoms with van der Waals surface area (Å²) in [6.45, 7) is -0.431. The molecule has 0 aromatic heterocycles. The highest BCUT2D eigenvalue weighted by atomic mass is 32.2. The van der Waals surface area contributed by atoms with E-state index in [0.717, 1.165) is 10.6 Å². The molecule has 0 fully saturated rings. The van der Waals surface area contributed by atoms with Crippen molar-refractivity contribution in [1.82, 2.24) is 0 Å². The van der Waals surface area contributed by atoms with Crippen molar-refractivity contribution in [2.24, 2.45) is 0 Å². The summed E-state index contributed by atoms with van der Waals surface area (Å²) in [5.41, 5.74) is 1.06. The second-order valence-electron chi connectivity index (χ2n) is 5.54. The molecule has 1 N–H and O–H groups in total. The SMILES string of the molecule is COc1ccc(NC(=O)CN(c2ccc(C#N)cc2)S(C)(=O)=O)c(OC)c1. The molecule has 0 aliphatic carbocycles. The highest BCUT2D eigenvalue weighted by Gasteiger charge is 2.21. The third kappa shape index (κ3) is 5.12. The van der Waals surface area contributed by atoms with E-state index >= 15 is 0 Å². The van der Waals surface area contributed by atoms with Gasteiger partial charge in [-0.25, -0.2) is 8.42 Å². The average Bonchev–Trinajstić information content (AvgIpc) is 2.65. The molecular weight excluding hydrogens is 370 g/mol. The van der Waals surface area contributed by atoms with Crippen molar-refractivity contribution in [3.05, 3.63) is 48.0 Å². The Hall–Kier alpha value is -3.25. The van der Waals surface area contributed by atoms with Crippen LogP contribution in [0.1, 0.15) is 5.56 Å². The van der Waals surface area contributed by atoms with Crippen LogP contribution in [0.25, 0.3) is 0 Å². The van der Waals surface area contributed by atoms with Crippen LogP contribution in [-0.2, 0) is 14.8 Å². The minimum atomic E-state index is -3.71. The van der Waals surface area contributed by atoms with Crippen LogP contribution in [0.15, 0.2) is 42.5 Å². The first-order valence-corrected chi connectivity index (χ1v) is 9.63. The van der Waals surface area contributed by atoms with Crippen molar-refractivity contribution < 1.29 is 22.7 Å². The number of nitrogens with zero attached hydrogens (tertiary/aromatic N) is 2. The lowest BCUT2D eigenvalue weighted by molar-refractivity contribution is -0.114. The highest BCUT2D eigenvalue weighted by Crippen LogP contribution is 2.29. The van der Waals surface area contributed by atoms with Crippen LogP contribution < -0.4 is 19.1 Å². The fourth-order valence-electron chi connectivity index (χ4n) is 2.32. The number of carbonyl (C=O) groups is 1. The summed E-state index contributed by atoms with van der Waals surface area (Å²) in [7, 11) is -0.756. The van der Waals surface area contributed by atoms with Crippen molar-refractivity contribution in [3.63, 3.8) is 0 Å². The Balaban J connectivity index is 2.23. The van der Waals surface area contributed by atoms with Gasteiger partial charge in [0, 0.05) is 6.07 Å². The van der Waals surface area contributed by atoms with Gasteiger partial charge in [0.1, 0.15) is 18.0 Å². The molecule has 0 aliphatic heterocycles. The van der Waals surface area contributed by atoms with Crippen molar-refractivity contribution in [2.75, 3.05) is 36.6 Å². The maximum absolute atomic E-state index is 12.4. The normalized spacial score (nSPS) is 10.6. The molecule has 27 heavy (non-hydrogen) atoms. The number of rotatable bonds is 7. The van der Waals surface area contributed by atoms with Crippen molar-refractivity contribution in [1.29, 1.82) is 5.26 Å². The zero-order valence-electron chi connectivity index (χ0n) is 15.1. The number of sulfonamides is 1. The molecule has 0 bridgehead atoms. The number of anilines is 2. The van der Waals surface area contributed by atoms with E-state index in [2.05, 4.69) is 5.32 Å². The summed E-state index contributed by atoms with van der Waals surface area (Å²) in [4.78, 5) is 12.4. The lowest BCUT2D eigenvalue weighted by Crippen LogP contribution is -2.37. The molecule has 0 spiro atoms. The Kier molecular flexibility index (Phi) is 6.26. The maximum Gasteiger partial charge on any atom is 0.245 e. The fraction of sp³-hybridized carbons (Fsp3) is 0.222. The molecule has 9 heteroatoms. The predicted molar refractivity (Wildman–Crippen MR) is 102 cm³/mol. The smallest absolute Gasteiger partial charge is 0.245 e. The summed E-state index contributed by atoms with van der Waals surface area (Å²) in [6.07, 6.45) is 1.01. The Labute approximate surface area is 158 Å². The molecule has 8 nitrogen and oxygen atoms in total. The number of hydrogen-bond acceptors (Lipinski definition) is 6. The molecule has 0 radical (unpaired) electrons. The molecule has 142 valence electrons. The highest BCUT2D eigenvalue weighted by molar-refractivity contribution is 7.92. The van der Waals surface area contributed by atoms with Crippen LogP contribution in [0.5, 0.6) is 11.5 Å². The maximum atomic E-state index is 12.4. The molecule has 2 aromatic carbocycles. The average molecular weight is 389 g/mol. The van der Waals surface area contributed by atoms with Gasteiger partial charge in [0.25, 0.3) is 0 Å². The molecular formula is C18H19N3O5S. The molecule has 2 aromatic rings. The Morgan fingerprint density at radius 1 is 1.15 bits per heavy atom. The molecule has 2 rings (SSSR count). The first kappa shape index (κ1) is 20.1. The number of nitrogens with one attached hydrogen (secondary N) is 1.